The highest BCUT2D eigenvalue weighted by Gasteiger charge is 2.37. The van der Waals surface area contributed by atoms with Gasteiger partial charge in [-0.2, -0.15) is 0 Å². The van der Waals surface area contributed by atoms with Crippen molar-refractivity contribution in [3.8, 4) is 51.3 Å². The van der Waals surface area contributed by atoms with Crippen molar-refractivity contribution in [1.82, 2.24) is 4.98 Å². The topological polar surface area (TPSA) is 136 Å². The summed E-state index contributed by atoms with van der Waals surface area (Å²) in [6.07, 6.45) is 0.105. The van der Waals surface area contributed by atoms with Crippen LogP contribution in [0.2, 0.25) is 0 Å². The molecule has 0 aliphatic rings. The molecule has 0 bridgehead atoms. The van der Waals surface area contributed by atoms with Crippen LogP contribution < -0.4 is 23.7 Å². The molecule has 0 saturated carbocycles. The summed E-state index contributed by atoms with van der Waals surface area (Å²) in [5, 5.41) is 9.95. The quantitative estimate of drug-likeness (QED) is 0.0886. The number of carbonyl (C=O) groups is 2. The van der Waals surface area contributed by atoms with E-state index in [1.165, 1.54) is 7.11 Å². The maximum absolute atomic E-state index is 12.2. The van der Waals surface area contributed by atoms with Gasteiger partial charge in [0.1, 0.15) is 11.5 Å². The minimum absolute atomic E-state index is 0.161. The number of ether oxygens (including phenoxy) is 6. The number of aromatic nitrogens is 1. The molecule has 1 heterocycles. The Morgan fingerprint density at radius 3 is 1.90 bits per heavy atom. The third-order valence-corrected chi connectivity index (χ3v) is 9.05. The van der Waals surface area contributed by atoms with E-state index in [1.54, 1.807) is 64.3 Å². The minimum atomic E-state index is -1.49. The van der Waals surface area contributed by atoms with Gasteiger partial charge in [0.15, 0.2) is 29.1 Å². The van der Waals surface area contributed by atoms with Gasteiger partial charge < -0.3 is 37.9 Å². The fourth-order valence-electron chi connectivity index (χ4n) is 5.89. The van der Waals surface area contributed by atoms with Gasteiger partial charge in [-0.25, -0.2) is 14.6 Å². The highest BCUT2D eigenvalue weighted by Crippen LogP contribution is 2.32. The zero-order valence-electron chi connectivity index (χ0n) is 33.6. The molecular weight excluding hydrogens is 739 g/mol. The Labute approximate surface area is 339 Å². The van der Waals surface area contributed by atoms with Crippen molar-refractivity contribution in [1.29, 1.82) is 0 Å². The Bertz CT molecular complexity index is 2220. The number of hydrogen-bond donors (Lipinski definition) is 1. The summed E-state index contributed by atoms with van der Waals surface area (Å²) in [6.45, 7) is 7.63. The smallest absolute Gasteiger partial charge is 0.348 e. The van der Waals surface area contributed by atoms with Crippen molar-refractivity contribution in [2.45, 2.75) is 52.2 Å². The molecule has 11 nitrogen and oxygen atoms in total. The predicted octanol–water partition coefficient (Wildman–Crippen LogP) is 9.44. The Morgan fingerprint density at radius 1 is 0.741 bits per heavy atom. The molecule has 2 unspecified atom stereocenters. The molecule has 0 saturated heterocycles. The molecule has 0 spiro atoms. The summed E-state index contributed by atoms with van der Waals surface area (Å²) >= 11 is 0. The van der Waals surface area contributed by atoms with E-state index in [2.05, 4.69) is 24.3 Å². The SMILES string of the molecule is CCOC(=O)C(C)Oc1ccccc1OC.COc1ccccc1OC(C)(Cc1ccc(OCCc2nc(-c3ccc(-c4ccccc4)cc3)oc2C)cc1)C(=O)O. The van der Waals surface area contributed by atoms with Gasteiger partial charge in [-0.05, 0) is 92.9 Å². The van der Waals surface area contributed by atoms with Crippen LogP contribution in [-0.2, 0) is 27.2 Å². The second kappa shape index (κ2) is 20.4. The Morgan fingerprint density at radius 2 is 1.29 bits per heavy atom. The number of carboxylic acid groups (broad SMARTS) is 1. The van der Waals surface area contributed by atoms with E-state index >= 15 is 0 Å². The van der Waals surface area contributed by atoms with E-state index in [1.807, 2.05) is 73.7 Å². The van der Waals surface area contributed by atoms with Crippen LogP contribution in [0.1, 0.15) is 37.8 Å². The number of esters is 1. The maximum Gasteiger partial charge on any atom is 0.348 e. The molecule has 1 N–H and O–H groups in total. The van der Waals surface area contributed by atoms with Crippen LogP contribution in [-0.4, -0.2) is 61.2 Å². The van der Waals surface area contributed by atoms with Gasteiger partial charge in [-0.1, -0.05) is 78.9 Å². The van der Waals surface area contributed by atoms with E-state index in [4.69, 9.17) is 37.8 Å². The molecule has 0 aliphatic heterocycles. The number of aryl methyl sites for hydroxylation is 1. The Balaban J connectivity index is 0.000000336. The van der Waals surface area contributed by atoms with Crippen LogP contribution in [0.3, 0.4) is 0 Å². The first-order valence-corrected chi connectivity index (χ1v) is 18.9. The van der Waals surface area contributed by atoms with Crippen molar-refractivity contribution >= 4 is 11.9 Å². The van der Waals surface area contributed by atoms with Gasteiger partial charge in [0.05, 0.1) is 33.1 Å². The standard InChI is InChI=1S/C35H33NO6.C12H16O4/c1-24-30(36-33(41-24)28-17-15-27(16-18-28)26-9-5-4-6-10-26)21-22-40-29-19-13-25(14-20-29)23-35(2,34(37)38)42-32-12-8-7-11-31(32)39-3;1-4-15-12(13)9(2)16-11-8-6-5-7-10(11)14-3/h4-20H,21-23H2,1-3H3,(H,37,38);5-9H,4H2,1-3H3. The van der Waals surface area contributed by atoms with Crippen molar-refractivity contribution < 1.29 is 47.5 Å². The molecule has 0 aliphatic carbocycles. The average Bonchev–Trinajstić information content (AvgIpc) is 3.62. The van der Waals surface area contributed by atoms with E-state index in [-0.39, 0.29) is 12.4 Å². The number of aliphatic carboxylic acids is 1. The summed E-state index contributed by atoms with van der Waals surface area (Å²) < 4.78 is 38.6. The van der Waals surface area contributed by atoms with Gasteiger partial charge in [-0.15, -0.1) is 0 Å². The van der Waals surface area contributed by atoms with Gasteiger partial charge in [0.25, 0.3) is 0 Å². The molecule has 1 aromatic heterocycles. The lowest BCUT2D eigenvalue weighted by molar-refractivity contribution is -0.153. The van der Waals surface area contributed by atoms with Crippen molar-refractivity contribution in [3.05, 3.63) is 144 Å². The van der Waals surface area contributed by atoms with Crippen molar-refractivity contribution in [3.63, 3.8) is 0 Å². The summed E-state index contributed by atoms with van der Waals surface area (Å²) in [5.74, 6) is 2.56. The molecule has 302 valence electrons. The zero-order valence-corrected chi connectivity index (χ0v) is 33.6. The molecular formula is C47H49NO10. The molecule has 6 aromatic rings. The molecule has 11 heteroatoms. The number of hydrogen-bond acceptors (Lipinski definition) is 10. The van der Waals surface area contributed by atoms with E-state index < -0.39 is 17.7 Å². The van der Waals surface area contributed by atoms with Crippen LogP contribution in [0.15, 0.2) is 132 Å². The van der Waals surface area contributed by atoms with Gasteiger partial charge in [0.2, 0.25) is 11.5 Å². The lowest BCUT2D eigenvalue weighted by atomic mass is 9.96. The van der Waals surface area contributed by atoms with Crippen molar-refractivity contribution in [2.24, 2.45) is 0 Å². The molecule has 0 radical (unpaired) electrons. The second-order valence-electron chi connectivity index (χ2n) is 13.3. The highest BCUT2D eigenvalue weighted by atomic mass is 16.6. The number of benzene rings is 5. The summed E-state index contributed by atoms with van der Waals surface area (Å²) in [4.78, 5) is 28.2. The van der Waals surface area contributed by atoms with E-state index in [9.17, 15) is 14.7 Å². The average molecular weight is 788 g/mol. The summed E-state index contributed by atoms with van der Waals surface area (Å²) in [6, 6.07) is 39.9. The highest BCUT2D eigenvalue weighted by molar-refractivity contribution is 5.78. The number of nitrogens with zero attached hydrogens (tertiary/aromatic N) is 1. The molecule has 58 heavy (non-hydrogen) atoms. The summed E-state index contributed by atoms with van der Waals surface area (Å²) in [5.41, 5.74) is 3.39. The number of carboxylic acids is 1. The number of para-hydroxylation sites is 4. The van der Waals surface area contributed by atoms with Crippen LogP contribution >= 0.6 is 0 Å². The lowest BCUT2D eigenvalue weighted by Crippen LogP contribution is -2.43. The third kappa shape index (κ3) is 11.4. The minimum Gasteiger partial charge on any atom is -0.493 e. The van der Waals surface area contributed by atoms with Gasteiger partial charge >= 0.3 is 11.9 Å². The van der Waals surface area contributed by atoms with E-state index in [0.717, 1.165) is 33.7 Å². The van der Waals surface area contributed by atoms with Crippen molar-refractivity contribution in [2.75, 3.05) is 27.4 Å². The third-order valence-electron chi connectivity index (χ3n) is 9.05. The first kappa shape index (κ1) is 42.4. The Kier molecular flexibility index (Phi) is 14.9. The number of methoxy groups -OCH3 is 2. The fraction of sp³-hybridized carbons (Fsp3) is 0.255. The molecule has 2 atom stereocenters. The number of rotatable bonds is 17. The first-order valence-electron chi connectivity index (χ1n) is 18.9. The monoisotopic (exact) mass is 787 g/mol. The van der Waals surface area contributed by atoms with Crippen LogP contribution in [0.4, 0.5) is 0 Å². The molecule has 6 rings (SSSR count). The largest absolute Gasteiger partial charge is 0.493 e. The number of carbonyl (C=O) groups excluding carboxylic acids is 1. The second-order valence-corrected chi connectivity index (χ2v) is 13.3. The van der Waals surface area contributed by atoms with E-state index in [0.29, 0.717) is 54.3 Å². The predicted molar refractivity (Wildman–Crippen MR) is 221 cm³/mol. The molecule has 0 fully saturated rings. The van der Waals surface area contributed by atoms with Gasteiger partial charge in [0, 0.05) is 18.4 Å². The van der Waals surface area contributed by atoms with Crippen LogP contribution in [0, 0.1) is 6.92 Å². The molecule has 5 aromatic carbocycles. The number of oxazole rings is 1. The van der Waals surface area contributed by atoms with Gasteiger partial charge in [-0.3, -0.25) is 0 Å². The first-order chi connectivity index (χ1) is 28.0. The maximum atomic E-state index is 12.2. The van der Waals surface area contributed by atoms with Crippen LogP contribution in [0.5, 0.6) is 28.7 Å². The van der Waals surface area contributed by atoms with Crippen LogP contribution in [0.25, 0.3) is 22.6 Å². The zero-order chi connectivity index (χ0) is 41.5. The molecule has 0 amide bonds. The Hall–Kier alpha value is -6.75. The summed E-state index contributed by atoms with van der Waals surface area (Å²) in [7, 11) is 3.07. The normalized spacial score (nSPS) is 12.2. The fourth-order valence-corrected chi connectivity index (χ4v) is 5.89. The lowest BCUT2D eigenvalue weighted by Gasteiger charge is -2.27.